The zero-order valence-corrected chi connectivity index (χ0v) is 53.4. The summed E-state index contributed by atoms with van der Waals surface area (Å²) < 4.78 is 6.78. The van der Waals surface area contributed by atoms with E-state index in [1.165, 1.54) is 48.4 Å². The van der Waals surface area contributed by atoms with Gasteiger partial charge in [-0.1, -0.05) is 277 Å². The number of fused-ring (bicyclic) bond motifs is 8. The fourth-order valence-electron chi connectivity index (χ4n) is 14.0. The number of anilines is 9. The molecule has 0 unspecified atom stereocenters. The van der Waals surface area contributed by atoms with Crippen molar-refractivity contribution in [2.75, 3.05) is 14.7 Å². The first-order valence-corrected chi connectivity index (χ1v) is 32.8. The first-order chi connectivity index (χ1) is 44.9. The highest BCUT2D eigenvalue weighted by atomic mass is 32.2. The van der Waals surface area contributed by atoms with Gasteiger partial charge in [-0.25, -0.2) is 0 Å². The van der Waals surface area contributed by atoms with Crippen LogP contribution in [0.3, 0.4) is 0 Å². The summed E-state index contributed by atoms with van der Waals surface area (Å²) >= 11 is 1.88. The molecular formula is C86H68BN3OS. The van der Waals surface area contributed by atoms with Gasteiger partial charge in [-0.3, -0.25) is 0 Å². The van der Waals surface area contributed by atoms with E-state index in [-0.39, 0.29) is 17.5 Å². The number of para-hydroxylation sites is 4. The number of rotatable bonds is 11. The van der Waals surface area contributed by atoms with Gasteiger partial charge in [0.2, 0.25) is 6.71 Å². The smallest absolute Gasteiger partial charge is 0.249 e. The average Bonchev–Trinajstić information content (AvgIpc) is 0.919. The van der Waals surface area contributed by atoms with Crippen molar-refractivity contribution in [1.82, 2.24) is 0 Å². The van der Waals surface area contributed by atoms with Gasteiger partial charge >= 0.3 is 0 Å². The molecule has 4 nitrogen and oxygen atoms in total. The highest BCUT2D eigenvalue weighted by Gasteiger charge is 2.44. The number of hydrogen-bond donors (Lipinski definition) is 0. The molecule has 0 aliphatic carbocycles. The zero-order chi connectivity index (χ0) is 62.2. The molecule has 0 amide bonds. The predicted octanol–water partition coefficient (Wildman–Crippen LogP) is 22.6. The minimum Gasteiger partial charge on any atom is -0.456 e. The Bertz CT molecular complexity index is 5110. The van der Waals surface area contributed by atoms with Crippen LogP contribution in [0.5, 0.6) is 0 Å². The molecule has 13 aromatic carbocycles. The van der Waals surface area contributed by atoms with E-state index in [0.717, 1.165) is 107 Å². The van der Waals surface area contributed by atoms with Gasteiger partial charge in [-0.15, -0.1) is 0 Å². The van der Waals surface area contributed by atoms with Gasteiger partial charge in [-0.2, -0.15) is 0 Å². The van der Waals surface area contributed by atoms with Crippen molar-refractivity contribution in [2.45, 2.75) is 62.2 Å². The van der Waals surface area contributed by atoms with Crippen LogP contribution in [0.25, 0.3) is 66.4 Å². The van der Waals surface area contributed by atoms with Crippen molar-refractivity contribution >= 4 is 108 Å². The van der Waals surface area contributed by atoms with Crippen LogP contribution in [0.2, 0.25) is 0 Å². The number of nitrogens with zero attached hydrogens (tertiary/aromatic N) is 3. The lowest BCUT2D eigenvalue weighted by atomic mass is 9.34. The molecule has 3 heterocycles. The van der Waals surface area contributed by atoms with Crippen LogP contribution in [0.15, 0.2) is 318 Å². The summed E-state index contributed by atoms with van der Waals surface area (Å²) in [7, 11) is 0. The van der Waals surface area contributed by atoms with Crippen LogP contribution < -0.4 is 31.1 Å². The summed E-state index contributed by atoms with van der Waals surface area (Å²) in [5, 5.41) is 2.27. The van der Waals surface area contributed by atoms with E-state index in [4.69, 9.17) is 4.42 Å². The highest BCUT2D eigenvalue weighted by molar-refractivity contribution is 8.00. The van der Waals surface area contributed by atoms with Crippen LogP contribution in [-0.2, 0) is 10.8 Å². The van der Waals surface area contributed by atoms with E-state index in [0.29, 0.717) is 0 Å². The molecule has 14 aromatic rings. The molecule has 0 N–H and O–H groups in total. The molecule has 2 aliphatic heterocycles. The number of hydrogen-bond acceptors (Lipinski definition) is 5. The molecule has 2 aliphatic rings. The highest BCUT2D eigenvalue weighted by Crippen LogP contribution is 2.54. The summed E-state index contributed by atoms with van der Waals surface area (Å²) in [6, 6.07) is 112. The van der Waals surface area contributed by atoms with Crippen molar-refractivity contribution in [3.8, 4) is 44.5 Å². The predicted molar refractivity (Wildman–Crippen MR) is 392 cm³/mol. The standard InChI is InChI=1S/C86H68BN3OS/c1-85(2,3)63-45-43-59(44-46-63)71-40-24-41-72(62-31-21-32-64(51-62)86(4,5)6)83(71)90-76-54-69(88(65-33-15-9-16-34-65)67-37-22-29-60(52-67)57-25-11-7-12-26-57)47-48-74(76)87-75-49-50-79-81(73-39-19-20-42-78(73)91-79)84(75)92-80-56-70(55-77(90)82(80)87)89(66-35-17-10-18-36-66)68-38-23-30-61(53-68)58-27-13-8-14-28-58/h7-56H,1-6H3. The van der Waals surface area contributed by atoms with Crippen LogP contribution in [0.1, 0.15) is 52.7 Å². The minimum atomic E-state index is -0.173. The Balaban J connectivity index is 1.04. The average molecular weight is 1200 g/mol. The van der Waals surface area contributed by atoms with Crippen LogP contribution >= 0.6 is 11.8 Å². The van der Waals surface area contributed by atoms with E-state index < -0.39 is 0 Å². The Morgan fingerprint density at radius 2 is 0.848 bits per heavy atom. The van der Waals surface area contributed by atoms with E-state index in [9.17, 15) is 0 Å². The summed E-state index contributed by atoms with van der Waals surface area (Å²) in [5.41, 5.74) is 26.8. The van der Waals surface area contributed by atoms with Gasteiger partial charge in [0.05, 0.1) is 5.69 Å². The molecule has 0 atom stereocenters. The molecule has 92 heavy (non-hydrogen) atoms. The van der Waals surface area contributed by atoms with Gasteiger partial charge in [-0.05, 0) is 151 Å². The van der Waals surface area contributed by atoms with Crippen molar-refractivity contribution < 1.29 is 4.42 Å². The Kier molecular flexibility index (Phi) is 14.0. The SMILES string of the molecule is CC(C)(C)c1ccc(-c2cccc(-c3cccc(C(C)(C)C)c3)c2N2c3cc(N(c4ccccc4)c4cccc(-c5ccccc5)c4)ccc3B3c4ccc5oc6ccccc6c5c4Sc4cc(N(c5ccccc5)c5cccc(-c6ccccc6)c5)cc2c43)cc1. The Labute approximate surface area is 544 Å². The molecule has 0 saturated heterocycles. The van der Waals surface area contributed by atoms with Crippen molar-refractivity contribution in [3.05, 3.63) is 314 Å². The van der Waals surface area contributed by atoms with E-state index in [1.807, 2.05) is 11.8 Å². The molecule has 0 radical (unpaired) electrons. The molecule has 0 bridgehead atoms. The molecule has 0 saturated carbocycles. The molecule has 16 rings (SSSR count). The lowest BCUT2D eigenvalue weighted by Gasteiger charge is -2.43. The normalized spacial score (nSPS) is 12.6. The summed E-state index contributed by atoms with van der Waals surface area (Å²) in [4.78, 5) is 9.99. The third-order valence-electron chi connectivity index (χ3n) is 18.6. The van der Waals surface area contributed by atoms with Crippen LogP contribution in [0.4, 0.5) is 51.2 Å². The second-order valence-corrected chi connectivity index (χ2v) is 27.5. The summed E-state index contributed by atoms with van der Waals surface area (Å²) in [5.74, 6) is 0. The largest absolute Gasteiger partial charge is 0.456 e. The fraction of sp³-hybridized carbons (Fsp3) is 0.0930. The van der Waals surface area contributed by atoms with E-state index >= 15 is 0 Å². The second kappa shape index (κ2) is 22.8. The van der Waals surface area contributed by atoms with Gasteiger partial charge in [0.15, 0.2) is 0 Å². The van der Waals surface area contributed by atoms with Gasteiger partial charge in [0, 0.05) is 77.2 Å². The molecule has 442 valence electrons. The maximum atomic E-state index is 6.78. The zero-order valence-electron chi connectivity index (χ0n) is 52.6. The van der Waals surface area contributed by atoms with E-state index in [2.05, 4.69) is 360 Å². The van der Waals surface area contributed by atoms with E-state index in [1.54, 1.807) is 0 Å². The number of furan rings is 1. The Morgan fingerprint density at radius 1 is 0.348 bits per heavy atom. The first-order valence-electron chi connectivity index (χ1n) is 32.0. The van der Waals surface area contributed by atoms with Crippen molar-refractivity contribution in [2.24, 2.45) is 0 Å². The second-order valence-electron chi connectivity index (χ2n) is 26.5. The van der Waals surface area contributed by atoms with Crippen molar-refractivity contribution in [1.29, 1.82) is 0 Å². The molecule has 0 fully saturated rings. The Hall–Kier alpha value is -10.5. The monoisotopic (exact) mass is 1200 g/mol. The third kappa shape index (κ3) is 10.1. The van der Waals surface area contributed by atoms with Crippen molar-refractivity contribution in [3.63, 3.8) is 0 Å². The summed E-state index contributed by atoms with van der Waals surface area (Å²) in [6.07, 6.45) is 0. The lowest BCUT2D eigenvalue weighted by molar-refractivity contribution is 0.590. The molecule has 1 aromatic heterocycles. The lowest BCUT2D eigenvalue weighted by Crippen LogP contribution is -2.60. The minimum absolute atomic E-state index is 0.0356. The van der Waals surface area contributed by atoms with Gasteiger partial charge in [0.1, 0.15) is 11.2 Å². The van der Waals surface area contributed by atoms with Crippen LogP contribution in [-0.4, -0.2) is 6.71 Å². The van der Waals surface area contributed by atoms with Crippen LogP contribution in [0, 0.1) is 0 Å². The molecule has 6 heteroatoms. The number of benzene rings is 13. The quantitative estimate of drug-likeness (QED) is 0.120. The maximum Gasteiger partial charge on any atom is 0.249 e. The van der Waals surface area contributed by atoms with Gasteiger partial charge in [0.25, 0.3) is 0 Å². The topological polar surface area (TPSA) is 22.9 Å². The Morgan fingerprint density at radius 3 is 1.48 bits per heavy atom. The van der Waals surface area contributed by atoms with Gasteiger partial charge < -0.3 is 19.1 Å². The summed E-state index contributed by atoms with van der Waals surface area (Å²) in [6.45, 7) is 13.7. The molecular weight excluding hydrogens is 1130 g/mol. The molecule has 0 spiro atoms. The fourth-order valence-corrected chi connectivity index (χ4v) is 15.4. The first kappa shape index (κ1) is 56.7. The third-order valence-corrected chi connectivity index (χ3v) is 19.8. The maximum absolute atomic E-state index is 6.78.